The number of aliphatic hydroxyl groups excluding tert-OH is 1. The summed E-state index contributed by atoms with van der Waals surface area (Å²) in [6.07, 6.45) is 13.4. The van der Waals surface area contributed by atoms with Crippen molar-refractivity contribution in [3.63, 3.8) is 0 Å². The van der Waals surface area contributed by atoms with Crippen molar-refractivity contribution in [2.45, 2.75) is 31.0 Å². The number of imidazole rings is 1. The fourth-order valence-corrected chi connectivity index (χ4v) is 4.07. The molecule has 9 heteroatoms. The van der Waals surface area contributed by atoms with Gasteiger partial charge in [-0.25, -0.2) is 0 Å². The van der Waals surface area contributed by atoms with E-state index in [4.69, 9.17) is 9.47 Å². The van der Waals surface area contributed by atoms with E-state index in [1.807, 2.05) is 16.7 Å². The molecule has 1 aliphatic heterocycles. The Labute approximate surface area is 169 Å². The summed E-state index contributed by atoms with van der Waals surface area (Å²) in [4.78, 5) is 13.2. The van der Waals surface area contributed by atoms with E-state index in [9.17, 15) is 5.11 Å². The van der Waals surface area contributed by atoms with E-state index in [1.54, 1.807) is 12.5 Å². The number of aliphatic hydroxyl groups is 1. The maximum atomic E-state index is 9.23. The molecule has 0 bridgehead atoms. The first-order valence-corrected chi connectivity index (χ1v) is 10.3. The van der Waals surface area contributed by atoms with Crippen LogP contribution in [0.25, 0.3) is 11.2 Å². The Kier molecular flexibility index (Phi) is 5.66. The molecule has 138 valence electrons. The molecule has 1 aliphatic carbocycles. The first-order chi connectivity index (χ1) is 13.3. The Bertz CT molecular complexity index is 980. The van der Waals surface area contributed by atoms with E-state index in [-0.39, 0.29) is 6.61 Å². The molecule has 27 heavy (non-hydrogen) atoms. The van der Waals surface area contributed by atoms with Crippen LogP contribution in [0.15, 0.2) is 58.7 Å². The first kappa shape index (κ1) is 18.3. The molecule has 0 saturated carbocycles. The minimum atomic E-state index is 0.0980. The summed E-state index contributed by atoms with van der Waals surface area (Å²) >= 11 is 3.78. The molecule has 0 aromatic carbocycles. The van der Waals surface area contributed by atoms with Gasteiger partial charge in [0.2, 0.25) is 0 Å². The molecule has 0 fully saturated rings. The third-order valence-corrected chi connectivity index (χ3v) is 5.65. The molecular weight excluding hydrogens is 427 g/mol. The van der Waals surface area contributed by atoms with E-state index in [2.05, 4.69) is 37.9 Å². The summed E-state index contributed by atoms with van der Waals surface area (Å²) in [5.74, 6) is 0.718. The van der Waals surface area contributed by atoms with Crippen LogP contribution in [0.1, 0.15) is 19.3 Å². The van der Waals surface area contributed by atoms with Gasteiger partial charge >= 0.3 is 169 Å². The normalized spacial score (nSPS) is 16.4. The summed E-state index contributed by atoms with van der Waals surface area (Å²) in [6.45, 7) is 0.701. The van der Waals surface area contributed by atoms with Crippen LogP contribution in [0, 0.1) is 0 Å². The zero-order valence-corrected chi connectivity index (χ0v) is 17.1. The van der Waals surface area contributed by atoms with Crippen molar-refractivity contribution in [3.8, 4) is 0 Å². The fourth-order valence-electron chi connectivity index (χ4n) is 2.80. The maximum absolute atomic E-state index is 9.23. The summed E-state index contributed by atoms with van der Waals surface area (Å²) in [7, 11) is 0. The van der Waals surface area contributed by atoms with Crippen LogP contribution in [-0.2, 0) is 16.0 Å². The summed E-state index contributed by atoms with van der Waals surface area (Å²) in [6, 6.07) is 0. The Morgan fingerprint density at radius 2 is 2.22 bits per heavy atom. The van der Waals surface area contributed by atoms with Gasteiger partial charge in [-0.1, -0.05) is 0 Å². The molecule has 4 rings (SSSR count). The molecule has 0 atom stereocenters. The Morgan fingerprint density at radius 1 is 1.30 bits per heavy atom. The van der Waals surface area contributed by atoms with E-state index >= 15 is 0 Å². The molecule has 2 aromatic rings. The molecule has 1 N–H and O–H groups in total. The van der Waals surface area contributed by atoms with Crippen LogP contribution < -0.4 is 4.48 Å². The van der Waals surface area contributed by atoms with Gasteiger partial charge in [-0.3, -0.25) is 0 Å². The Hall–Kier alpha value is -2.02. The first-order valence-electron chi connectivity index (χ1n) is 8.55. The van der Waals surface area contributed by atoms with Gasteiger partial charge in [-0.2, -0.15) is 0 Å². The predicted molar refractivity (Wildman–Crippen MR) is 103 cm³/mol. The van der Waals surface area contributed by atoms with Crippen LogP contribution in [0.4, 0.5) is 0 Å². The third-order valence-electron chi connectivity index (χ3n) is 4.09. The quantitative estimate of drug-likeness (QED) is 0.683. The van der Waals surface area contributed by atoms with Crippen molar-refractivity contribution in [1.29, 1.82) is 0 Å². The summed E-state index contributed by atoms with van der Waals surface area (Å²) in [5, 5.41) is 10.6. The summed E-state index contributed by atoms with van der Waals surface area (Å²) in [5.41, 5.74) is 2.58. The van der Waals surface area contributed by atoms with Gasteiger partial charge < -0.3 is 0 Å². The second-order valence-corrected chi connectivity index (χ2v) is 7.77. The van der Waals surface area contributed by atoms with Crippen LogP contribution in [-0.4, -0.2) is 48.1 Å². The van der Waals surface area contributed by atoms with Crippen LogP contribution >= 0.6 is 11.8 Å². The predicted octanol–water partition coefficient (Wildman–Crippen LogP) is 2.06. The number of thioether (sulfide) groups is 1. The number of ether oxygens (including phenoxy) is 2. The number of aromatic nitrogens is 4. The molecule has 7 nitrogen and oxygen atoms in total. The fraction of sp³-hybridized carbons (Fsp3) is 0.278. The van der Waals surface area contributed by atoms with Crippen molar-refractivity contribution >= 4 is 44.3 Å². The number of hydrogen-bond acceptors (Lipinski definition) is 7. The van der Waals surface area contributed by atoms with E-state index in [1.165, 1.54) is 18.1 Å². The standard InChI is InChI=1S/C18H17AsN4O3S/c19-16-15-17(21-11-20-16)23(7-4-8-24)18(22-15)27-14-10-25-9-13(26-14)12-5-2-1-3-6-12/h1-2,5,9-11,24H,3-4,6-8H2. The molecule has 0 amide bonds. The number of rotatable bonds is 6. The van der Waals surface area contributed by atoms with Gasteiger partial charge in [0, 0.05) is 0 Å². The van der Waals surface area contributed by atoms with Crippen molar-refractivity contribution in [2.24, 2.45) is 0 Å². The number of aryl methyl sites for hydroxylation is 1. The van der Waals surface area contributed by atoms with Gasteiger partial charge in [0.1, 0.15) is 0 Å². The van der Waals surface area contributed by atoms with Crippen molar-refractivity contribution < 1.29 is 14.6 Å². The molecule has 0 saturated heterocycles. The van der Waals surface area contributed by atoms with Crippen LogP contribution in [0.3, 0.4) is 0 Å². The van der Waals surface area contributed by atoms with Crippen molar-refractivity contribution in [2.75, 3.05) is 6.61 Å². The van der Waals surface area contributed by atoms with Gasteiger partial charge in [0.05, 0.1) is 0 Å². The van der Waals surface area contributed by atoms with E-state index in [0.717, 1.165) is 45.0 Å². The molecule has 2 aliphatic rings. The second kappa shape index (κ2) is 8.33. The molecule has 2 radical (unpaired) electrons. The van der Waals surface area contributed by atoms with Gasteiger partial charge in [-0.15, -0.1) is 0 Å². The van der Waals surface area contributed by atoms with Crippen molar-refractivity contribution in [3.05, 3.63) is 53.5 Å². The number of allylic oxidation sites excluding steroid dienone is 4. The average molecular weight is 444 g/mol. The van der Waals surface area contributed by atoms with Crippen molar-refractivity contribution in [1.82, 2.24) is 19.5 Å². The molecule has 2 aromatic heterocycles. The number of hydrogen-bond donors (Lipinski definition) is 1. The molecule has 0 spiro atoms. The zero-order chi connectivity index (χ0) is 18.6. The Balaban J connectivity index is 1.59. The van der Waals surface area contributed by atoms with Gasteiger partial charge in [0.25, 0.3) is 0 Å². The average Bonchev–Trinajstić information content (AvgIpc) is 3.06. The second-order valence-electron chi connectivity index (χ2n) is 5.91. The van der Waals surface area contributed by atoms with Crippen LogP contribution in [0.2, 0.25) is 0 Å². The minimum absolute atomic E-state index is 0.0980. The summed E-state index contributed by atoms with van der Waals surface area (Å²) < 4.78 is 14.3. The topological polar surface area (TPSA) is 82.3 Å². The van der Waals surface area contributed by atoms with E-state index in [0.29, 0.717) is 18.1 Å². The monoisotopic (exact) mass is 444 g/mol. The van der Waals surface area contributed by atoms with Gasteiger partial charge in [-0.05, 0) is 0 Å². The molecular formula is C18H17AsN4O3S. The van der Waals surface area contributed by atoms with E-state index < -0.39 is 0 Å². The molecule has 3 heterocycles. The van der Waals surface area contributed by atoms with Gasteiger partial charge in [0.15, 0.2) is 0 Å². The zero-order valence-electron chi connectivity index (χ0n) is 14.4. The SMILES string of the molecule is OCCCn1c(SC2=COC=C(C3=CC=CCC3)O2)nc2c([As])ncnc21. The Morgan fingerprint density at radius 3 is 3.04 bits per heavy atom. The molecule has 0 unspecified atom stereocenters. The number of fused-ring (bicyclic) bond motifs is 1. The number of nitrogens with zero attached hydrogens (tertiary/aromatic N) is 4. The third kappa shape index (κ3) is 3.98. The van der Waals surface area contributed by atoms with Crippen LogP contribution in [0.5, 0.6) is 0 Å².